The zero-order valence-electron chi connectivity index (χ0n) is 11.7. The van der Waals surface area contributed by atoms with Gasteiger partial charge in [-0.3, -0.25) is 9.69 Å². The topological polar surface area (TPSA) is 83.9 Å². The number of aliphatic carboxylic acids is 1. The molecule has 0 saturated carbocycles. The van der Waals surface area contributed by atoms with Gasteiger partial charge in [0, 0.05) is 12.5 Å². The van der Waals surface area contributed by atoms with Crippen LogP contribution in [0, 0.1) is 5.92 Å². The zero-order valence-corrected chi connectivity index (χ0v) is 11.7. The summed E-state index contributed by atoms with van der Waals surface area (Å²) in [7, 11) is 0. The minimum atomic E-state index is -1.12. The number of benzene rings is 1. The molecule has 112 valence electrons. The highest BCUT2D eigenvalue weighted by atomic mass is 16.6. The van der Waals surface area contributed by atoms with Crippen molar-refractivity contribution in [2.24, 2.45) is 5.92 Å². The average molecular weight is 291 g/mol. The summed E-state index contributed by atoms with van der Waals surface area (Å²) in [5.41, 5.74) is 0.819. The monoisotopic (exact) mass is 291 g/mol. The van der Waals surface area contributed by atoms with E-state index in [1.807, 2.05) is 30.3 Å². The van der Waals surface area contributed by atoms with Gasteiger partial charge in [-0.15, -0.1) is 0 Å². The van der Waals surface area contributed by atoms with E-state index in [4.69, 9.17) is 9.84 Å². The Bertz CT molecular complexity index is 542. The second-order valence-corrected chi connectivity index (χ2v) is 5.09. The third-order valence-electron chi connectivity index (χ3n) is 3.60. The molecule has 1 heterocycles. The summed E-state index contributed by atoms with van der Waals surface area (Å²) in [6.45, 7) is 1.58. The summed E-state index contributed by atoms with van der Waals surface area (Å²) in [6, 6.07) is 8.12. The molecule has 0 spiro atoms. The van der Waals surface area contributed by atoms with Crippen LogP contribution in [0.1, 0.15) is 18.9 Å². The van der Waals surface area contributed by atoms with E-state index < -0.39 is 24.0 Å². The molecule has 0 bridgehead atoms. The summed E-state index contributed by atoms with van der Waals surface area (Å²) in [5, 5.41) is 9.16. The van der Waals surface area contributed by atoms with Crippen molar-refractivity contribution in [3.63, 3.8) is 0 Å². The van der Waals surface area contributed by atoms with Crippen molar-refractivity contribution in [3.8, 4) is 0 Å². The molecule has 1 aromatic carbocycles. The van der Waals surface area contributed by atoms with Gasteiger partial charge >= 0.3 is 12.1 Å². The van der Waals surface area contributed by atoms with Crippen molar-refractivity contribution in [2.75, 3.05) is 6.54 Å². The number of amides is 1. The molecule has 1 N–H and O–H groups in total. The first-order valence-corrected chi connectivity index (χ1v) is 6.69. The van der Waals surface area contributed by atoms with Crippen molar-refractivity contribution < 1.29 is 24.2 Å². The highest BCUT2D eigenvalue weighted by molar-refractivity contribution is 5.85. The number of hydrogen-bond donors (Lipinski definition) is 1. The average Bonchev–Trinajstić information content (AvgIpc) is 2.91. The number of ether oxygens (including phenoxy) is 1. The lowest BCUT2D eigenvalue weighted by Gasteiger charge is -2.20. The second kappa shape index (κ2) is 6.39. The van der Waals surface area contributed by atoms with Gasteiger partial charge in [-0.25, -0.2) is 9.59 Å². The normalized spacial score (nSPS) is 21.1. The number of ketones is 1. The fraction of sp³-hybridized carbons (Fsp3) is 0.400. The van der Waals surface area contributed by atoms with E-state index in [1.54, 1.807) is 0 Å². The van der Waals surface area contributed by atoms with E-state index >= 15 is 0 Å². The van der Waals surface area contributed by atoms with Crippen LogP contribution in [0.15, 0.2) is 30.3 Å². The van der Waals surface area contributed by atoms with Crippen molar-refractivity contribution >= 4 is 17.8 Å². The minimum Gasteiger partial charge on any atom is -0.480 e. The van der Waals surface area contributed by atoms with E-state index in [0.29, 0.717) is 0 Å². The van der Waals surface area contributed by atoms with Crippen LogP contribution < -0.4 is 0 Å². The molecule has 1 aromatic rings. The first-order valence-electron chi connectivity index (χ1n) is 6.69. The summed E-state index contributed by atoms with van der Waals surface area (Å²) >= 11 is 0. The van der Waals surface area contributed by atoms with Gasteiger partial charge in [-0.05, 0) is 18.9 Å². The predicted molar refractivity (Wildman–Crippen MR) is 73.5 cm³/mol. The molecule has 6 nitrogen and oxygen atoms in total. The van der Waals surface area contributed by atoms with Gasteiger partial charge in [0.05, 0.1) is 0 Å². The molecule has 0 aromatic heterocycles. The summed E-state index contributed by atoms with van der Waals surface area (Å²) in [4.78, 5) is 35.7. The number of carbonyl (C=O) groups excluding carboxylic acids is 2. The molecular weight excluding hydrogens is 274 g/mol. The van der Waals surface area contributed by atoms with E-state index in [1.165, 1.54) is 6.92 Å². The standard InChI is InChI=1S/C15H17NO5/c1-10(17)12-7-13(14(18)19)16(8-12)15(20)21-9-11-5-3-2-4-6-11/h2-6,12-13H,7-9H2,1H3,(H,18,19). The smallest absolute Gasteiger partial charge is 0.410 e. The Morgan fingerprint density at radius 3 is 2.52 bits per heavy atom. The Balaban J connectivity index is 1.99. The first kappa shape index (κ1) is 15.0. The molecule has 1 fully saturated rings. The fourth-order valence-electron chi connectivity index (χ4n) is 2.37. The maximum atomic E-state index is 12.0. The van der Waals surface area contributed by atoms with Crippen molar-refractivity contribution in [1.82, 2.24) is 4.90 Å². The van der Waals surface area contributed by atoms with Crippen LogP contribution in [-0.4, -0.2) is 40.4 Å². The number of carboxylic acids is 1. The SMILES string of the molecule is CC(=O)C1CC(C(=O)O)N(C(=O)OCc2ccccc2)C1. The van der Waals surface area contributed by atoms with Crippen LogP contribution in [0.4, 0.5) is 4.79 Å². The summed E-state index contributed by atoms with van der Waals surface area (Å²) in [5.74, 6) is -1.66. The van der Waals surface area contributed by atoms with Crippen LogP contribution in [-0.2, 0) is 20.9 Å². The van der Waals surface area contributed by atoms with Gasteiger partial charge in [0.25, 0.3) is 0 Å². The highest BCUT2D eigenvalue weighted by Crippen LogP contribution is 2.25. The Morgan fingerprint density at radius 1 is 1.29 bits per heavy atom. The van der Waals surface area contributed by atoms with Gasteiger partial charge in [0.15, 0.2) is 0 Å². The number of hydrogen-bond acceptors (Lipinski definition) is 4. The van der Waals surface area contributed by atoms with Gasteiger partial charge in [0.2, 0.25) is 0 Å². The number of carbonyl (C=O) groups is 3. The Morgan fingerprint density at radius 2 is 1.95 bits per heavy atom. The number of carboxylic acid groups (broad SMARTS) is 1. The summed E-state index contributed by atoms with van der Waals surface area (Å²) < 4.78 is 5.13. The Labute approximate surface area is 122 Å². The molecule has 2 unspecified atom stereocenters. The van der Waals surface area contributed by atoms with Crippen LogP contribution in [0.5, 0.6) is 0 Å². The first-order chi connectivity index (χ1) is 9.99. The molecule has 1 saturated heterocycles. The third kappa shape index (κ3) is 3.59. The zero-order chi connectivity index (χ0) is 15.4. The molecule has 1 aliphatic rings. The lowest BCUT2D eigenvalue weighted by molar-refractivity contribution is -0.141. The van der Waals surface area contributed by atoms with Crippen molar-refractivity contribution in [1.29, 1.82) is 0 Å². The van der Waals surface area contributed by atoms with Gasteiger partial charge in [-0.2, -0.15) is 0 Å². The fourth-order valence-corrected chi connectivity index (χ4v) is 2.37. The molecular formula is C15H17NO5. The van der Waals surface area contributed by atoms with Gasteiger partial charge < -0.3 is 9.84 Å². The molecule has 6 heteroatoms. The van der Waals surface area contributed by atoms with E-state index in [2.05, 4.69) is 0 Å². The molecule has 0 radical (unpaired) electrons. The number of Topliss-reactive ketones (excluding diaryl/α,β-unsaturated/α-hetero) is 1. The predicted octanol–water partition coefficient (Wildman–Crippen LogP) is 1.69. The lowest BCUT2D eigenvalue weighted by atomic mass is 10.0. The molecule has 21 heavy (non-hydrogen) atoms. The maximum Gasteiger partial charge on any atom is 0.410 e. The van der Waals surface area contributed by atoms with E-state index in [0.717, 1.165) is 10.5 Å². The number of nitrogens with zero attached hydrogens (tertiary/aromatic N) is 1. The molecule has 2 atom stereocenters. The van der Waals surface area contributed by atoms with Crippen molar-refractivity contribution in [3.05, 3.63) is 35.9 Å². The van der Waals surface area contributed by atoms with E-state index in [9.17, 15) is 14.4 Å². The highest BCUT2D eigenvalue weighted by Gasteiger charge is 2.42. The third-order valence-corrected chi connectivity index (χ3v) is 3.60. The van der Waals surface area contributed by atoms with Crippen molar-refractivity contribution in [2.45, 2.75) is 26.0 Å². The minimum absolute atomic E-state index is 0.0766. The lowest BCUT2D eigenvalue weighted by Crippen LogP contribution is -2.40. The second-order valence-electron chi connectivity index (χ2n) is 5.09. The quantitative estimate of drug-likeness (QED) is 0.912. The molecule has 1 aliphatic heterocycles. The Kier molecular flexibility index (Phi) is 4.57. The molecule has 1 amide bonds. The summed E-state index contributed by atoms with van der Waals surface area (Å²) in [6.07, 6.45) is -0.555. The van der Waals surface area contributed by atoms with Crippen LogP contribution in [0.3, 0.4) is 0 Å². The van der Waals surface area contributed by atoms with Crippen LogP contribution in [0.25, 0.3) is 0 Å². The molecule has 2 rings (SSSR count). The van der Waals surface area contributed by atoms with Gasteiger partial charge in [-0.1, -0.05) is 30.3 Å². The van der Waals surface area contributed by atoms with Crippen LogP contribution >= 0.6 is 0 Å². The van der Waals surface area contributed by atoms with Gasteiger partial charge in [0.1, 0.15) is 18.4 Å². The number of rotatable bonds is 4. The Hall–Kier alpha value is -2.37. The van der Waals surface area contributed by atoms with E-state index in [-0.39, 0.29) is 25.4 Å². The molecule has 0 aliphatic carbocycles. The van der Waals surface area contributed by atoms with Crippen LogP contribution in [0.2, 0.25) is 0 Å². The maximum absolute atomic E-state index is 12.0. The largest absolute Gasteiger partial charge is 0.480 e. The number of likely N-dealkylation sites (tertiary alicyclic amines) is 1.